The summed E-state index contributed by atoms with van der Waals surface area (Å²) in [5.41, 5.74) is 4.39. The lowest BCUT2D eigenvalue weighted by molar-refractivity contribution is -0.116. The molecule has 0 unspecified atom stereocenters. The van der Waals surface area contributed by atoms with E-state index in [9.17, 15) is 9.59 Å². The van der Waals surface area contributed by atoms with Crippen molar-refractivity contribution in [2.75, 3.05) is 30.4 Å². The molecule has 10 heteroatoms. The first-order chi connectivity index (χ1) is 13.9. The zero-order chi connectivity index (χ0) is 20.3. The fourth-order valence-electron chi connectivity index (χ4n) is 3.91. The molecule has 0 fully saturated rings. The van der Waals surface area contributed by atoms with E-state index >= 15 is 0 Å². The van der Waals surface area contributed by atoms with Crippen molar-refractivity contribution in [1.29, 1.82) is 0 Å². The van der Waals surface area contributed by atoms with Crippen LogP contribution in [0.5, 0.6) is 0 Å². The second-order valence-electron chi connectivity index (χ2n) is 7.80. The third-order valence-electron chi connectivity index (χ3n) is 5.45. The van der Waals surface area contributed by atoms with E-state index in [1.165, 1.54) is 16.2 Å². The number of nitrogens with one attached hydrogen (secondary N) is 1. The van der Waals surface area contributed by atoms with Crippen molar-refractivity contribution in [3.63, 3.8) is 0 Å². The predicted octanol–water partition coefficient (Wildman–Crippen LogP) is 1.90. The van der Waals surface area contributed by atoms with Gasteiger partial charge in [0.15, 0.2) is 0 Å². The summed E-state index contributed by atoms with van der Waals surface area (Å²) in [5, 5.41) is 16.4. The van der Waals surface area contributed by atoms with Crippen LogP contribution in [0.3, 0.4) is 0 Å². The maximum Gasteiger partial charge on any atom is 0.257 e. The topological polar surface area (TPSA) is 95.7 Å². The van der Waals surface area contributed by atoms with Crippen molar-refractivity contribution in [1.82, 2.24) is 24.7 Å². The van der Waals surface area contributed by atoms with Gasteiger partial charge in [-0.1, -0.05) is 13.8 Å². The predicted molar refractivity (Wildman–Crippen MR) is 110 cm³/mol. The van der Waals surface area contributed by atoms with Crippen LogP contribution in [0.1, 0.15) is 46.3 Å². The molecular formula is C19H21N7O2S. The smallest absolute Gasteiger partial charge is 0.257 e. The van der Waals surface area contributed by atoms with E-state index in [0.29, 0.717) is 17.1 Å². The highest BCUT2D eigenvalue weighted by atomic mass is 32.1. The second-order valence-corrected chi connectivity index (χ2v) is 8.90. The van der Waals surface area contributed by atoms with Gasteiger partial charge >= 0.3 is 0 Å². The first-order valence-corrected chi connectivity index (χ1v) is 10.4. The quantitative estimate of drug-likeness (QED) is 0.692. The molecule has 150 valence electrons. The van der Waals surface area contributed by atoms with Crippen molar-refractivity contribution < 1.29 is 9.59 Å². The van der Waals surface area contributed by atoms with Crippen LogP contribution in [0.4, 0.5) is 10.7 Å². The number of carbonyl (C=O) groups is 2. The number of aromatic nitrogens is 4. The number of hydrogen-bond donors (Lipinski definition) is 1. The number of rotatable bonds is 2. The molecule has 0 radical (unpaired) electrons. The number of fused-ring (bicyclic) bond motifs is 4. The highest BCUT2D eigenvalue weighted by molar-refractivity contribution is 7.17. The molecule has 29 heavy (non-hydrogen) atoms. The van der Waals surface area contributed by atoms with Gasteiger partial charge in [0.05, 0.1) is 30.0 Å². The standard InChI is InChI=1S/C19H21N7O2S/c1-10(2)12-6-13(17-22-20-9-26(17)23-12)25-5-4-11-14(7-25)29-18-16(11)19(28)24(3)8-15(27)21-18/h6,9-10H,4-5,7-8H2,1-3H3,(H,21,27). The summed E-state index contributed by atoms with van der Waals surface area (Å²) in [5.74, 6) is 0.0353. The van der Waals surface area contributed by atoms with Crippen molar-refractivity contribution in [3.05, 3.63) is 34.1 Å². The third-order valence-corrected chi connectivity index (χ3v) is 6.58. The molecular weight excluding hydrogens is 390 g/mol. The van der Waals surface area contributed by atoms with E-state index < -0.39 is 0 Å². The minimum Gasteiger partial charge on any atom is -0.363 e. The van der Waals surface area contributed by atoms with Crippen LogP contribution in [-0.4, -0.2) is 56.7 Å². The van der Waals surface area contributed by atoms with Crippen LogP contribution in [0, 0.1) is 0 Å². The van der Waals surface area contributed by atoms with Gasteiger partial charge in [0, 0.05) is 18.5 Å². The lowest BCUT2D eigenvalue weighted by Gasteiger charge is -2.30. The molecule has 0 aromatic carbocycles. The fraction of sp³-hybridized carbons (Fsp3) is 0.421. The van der Waals surface area contributed by atoms with E-state index in [0.717, 1.165) is 40.4 Å². The summed E-state index contributed by atoms with van der Waals surface area (Å²) < 4.78 is 1.72. The van der Waals surface area contributed by atoms with Crippen LogP contribution < -0.4 is 10.2 Å². The number of hydrogen-bond acceptors (Lipinski definition) is 7. The molecule has 2 amide bonds. The average Bonchev–Trinajstić information content (AvgIpc) is 3.27. The van der Waals surface area contributed by atoms with Crippen LogP contribution in [0.15, 0.2) is 12.4 Å². The Kier molecular flexibility index (Phi) is 4.05. The molecule has 0 bridgehead atoms. The SMILES string of the molecule is CC(C)c1cc(N2CCc3c(sc4c3C(=O)N(C)CC(=O)N4)C2)c2nncn2n1. The van der Waals surface area contributed by atoms with Gasteiger partial charge in [-0.3, -0.25) is 9.59 Å². The maximum atomic E-state index is 12.8. The maximum absolute atomic E-state index is 12.8. The Balaban J connectivity index is 1.56. The van der Waals surface area contributed by atoms with E-state index in [-0.39, 0.29) is 24.3 Å². The number of nitrogens with zero attached hydrogens (tertiary/aromatic N) is 6. The zero-order valence-corrected chi connectivity index (χ0v) is 17.3. The number of amides is 2. The van der Waals surface area contributed by atoms with E-state index in [1.807, 2.05) is 0 Å². The molecule has 0 aliphatic carbocycles. The zero-order valence-electron chi connectivity index (χ0n) is 16.5. The molecule has 2 aliphatic heterocycles. The molecule has 3 aromatic heterocycles. The van der Waals surface area contributed by atoms with Crippen LogP contribution in [0.2, 0.25) is 0 Å². The Hall–Kier alpha value is -3.01. The summed E-state index contributed by atoms with van der Waals surface area (Å²) in [6.07, 6.45) is 2.35. The second kappa shape index (κ2) is 6.51. The lowest BCUT2D eigenvalue weighted by Crippen LogP contribution is -2.33. The van der Waals surface area contributed by atoms with Gasteiger partial charge < -0.3 is 15.1 Å². The first-order valence-electron chi connectivity index (χ1n) is 9.58. The lowest BCUT2D eigenvalue weighted by atomic mass is 10.0. The molecule has 2 aliphatic rings. The van der Waals surface area contributed by atoms with Crippen molar-refractivity contribution >= 4 is 39.5 Å². The molecule has 0 saturated carbocycles. The minimum absolute atomic E-state index is 0.0843. The molecule has 5 heterocycles. The van der Waals surface area contributed by atoms with Crippen LogP contribution in [-0.2, 0) is 17.8 Å². The van der Waals surface area contributed by atoms with E-state index in [2.05, 4.69) is 45.4 Å². The molecule has 3 aromatic rings. The van der Waals surface area contributed by atoms with Crippen molar-refractivity contribution in [2.45, 2.75) is 32.7 Å². The van der Waals surface area contributed by atoms with Crippen molar-refractivity contribution in [3.8, 4) is 0 Å². The van der Waals surface area contributed by atoms with E-state index in [1.54, 1.807) is 17.9 Å². The summed E-state index contributed by atoms with van der Waals surface area (Å²) in [6, 6.07) is 2.08. The van der Waals surface area contributed by atoms with Gasteiger partial charge in [0.25, 0.3) is 5.91 Å². The van der Waals surface area contributed by atoms with Gasteiger partial charge in [-0.05, 0) is 24.0 Å². The van der Waals surface area contributed by atoms with Crippen LogP contribution >= 0.6 is 11.3 Å². The van der Waals surface area contributed by atoms with Gasteiger partial charge in [0.1, 0.15) is 11.3 Å². The average molecular weight is 411 g/mol. The van der Waals surface area contributed by atoms with Gasteiger partial charge in [-0.2, -0.15) is 9.61 Å². The fourth-order valence-corrected chi connectivity index (χ4v) is 5.18. The van der Waals surface area contributed by atoms with Gasteiger partial charge in [-0.15, -0.1) is 21.5 Å². The van der Waals surface area contributed by atoms with Gasteiger partial charge in [-0.25, -0.2) is 0 Å². The Bertz CT molecular complexity index is 1150. The Morgan fingerprint density at radius 3 is 2.86 bits per heavy atom. The summed E-state index contributed by atoms with van der Waals surface area (Å²) >= 11 is 1.50. The number of anilines is 2. The van der Waals surface area contributed by atoms with Crippen LogP contribution in [0.25, 0.3) is 5.65 Å². The molecule has 9 nitrogen and oxygen atoms in total. The summed E-state index contributed by atoms with van der Waals surface area (Å²) in [7, 11) is 1.67. The molecule has 5 rings (SSSR count). The molecule has 0 spiro atoms. The molecule has 0 saturated heterocycles. The highest BCUT2D eigenvalue weighted by Crippen LogP contribution is 2.40. The first kappa shape index (κ1) is 18.0. The number of likely N-dealkylation sites (N-methyl/N-ethyl adjacent to an activating group) is 1. The van der Waals surface area contributed by atoms with Crippen molar-refractivity contribution in [2.24, 2.45) is 0 Å². The van der Waals surface area contributed by atoms with Gasteiger partial charge in [0.2, 0.25) is 11.6 Å². The minimum atomic E-state index is -0.157. The van der Waals surface area contributed by atoms with E-state index in [4.69, 9.17) is 0 Å². The third kappa shape index (κ3) is 2.86. The largest absolute Gasteiger partial charge is 0.363 e. The summed E-state index contributed by atoms with van der Waals surface area (Å²) in [4.78, 5) is 29.8. The number of thiophene rings is 1. The number of carbonyl (C=O) groups excluding carboxylic acids is 2. The monoisotopic (exact) mass is 411 g/mol. The molecule has 1 N–H and O–H groups in total. The Labute approximate surface area is 171 Å². The highest BCUT2D eigenvalue weighted by Gasteiger charge is 2.33. The summed E-state index contributed by atoms with van der Waals surface area (Å²) in [6.45, 7) is 5.71. The Morgan fingerprint density at radius 2 is 2.07 bits per heavy atom. The normalized spacial score (nSPS) is 16.8. The Morgan fingerprint density at radius 1 is 1.24 bits per heavy atom. The molecule has 0 atom stereocenters.